The van der Waals surface area contributed by atoms with E-state index in [4.69, 9.17) is 0 Å². The van der Waals surface area contributed by atoms with E-state index < -0.39 is 0 Å². The topological polar surface area (TPSA) is 34.0 Å². The standard InChI is InChI=1S/C24H24N2O/c1-3-26-22-7-5-4-6-20(22)21-16-19(13-14-23(21)26)25-24(27)15-12-18-10-8-17(2)9-11-18/h4-11,13-14,16H,3,12,15H2,1-2H3,(H,25,27). The molecular weight excluding hydrogens is 332 g/mol. The smallest absolute Gasteiger partial charge is 0.224 e. The zero-order chi connectivity index (χ0) is 18.8. The molecule has 0 radical (unpaired) electrons. The molecule has 1 N–H and O–H groups in total. The number of nitrogens with one attached hydrogen (secondary N) is 1. The van der Waals surface area contributed by atoms with Crippen LogP contribution in [0.4, 0.5) is 5.69 Å². The van der Waals surface area contributed by atoms with Crippen LogP contribution in [0.15, 0.2) is 66.7 Å². The summed E-state index contributed by atoms with van der Waals surface area (Å²) in [5, 5.41) is 5.47. The maximum atomic E-state index is 12.4. The van der Waals surface area contributed by atoms with Crippen LogP contribution in [-0.4, -0.2) is 10.5 Å². The van der Waals surface area contributed by atoms with E-state index in [0.717, 1.165) is 18.7 Å². The molecule has 27 heavy (non-hydrogen) atoms. The number of anilines is 1. The van der Waals surface area contributed by atoms with Gasteiger partial charge in [0.2, 0.25) is 5.91 Å². The highest BCUT2D eigenvalue weighted by molar-refractivity contribution is 6.09. The summed E-state index contributed by atoms with van der Waals surface area (Å²) in [7, 11) is 0. The van der Waals surface area contributed by atoms with Gasteiger partial charge in [0.25, 0.3) is 0 Å². The number of aryl methyl sites for hydroxylation is 3. The van der Waals surface area contributed by atoms with E-state index in [2.05, 4.69) is 84.4 Å². The molecule has 0 saturated heterocycles. The van der Waals surface area contributed by atoms with Gasteiger partial charge in [-0.05, 0) is 50.1 Å². The largest absolute Gasteiger partial charge is 0.341 e. The minimum absolute atomic E-state index is 0.0501. The van der Waals surface area contributed by atoms with Crippen LogP contribution in [0.3, 0.4) is 0 Å². The third-order valence-electron chi connectivity index (χ3n) is 5.13. The first-order chi connectivity index (χ1) is 13.2. The minimum Gasteiger partial charge on any atom is -0.341 e. The van der Waals surface area contributed by atoms with Gasteiger partial charge in [-0.15, -0.1) is 0 Å². The van der Waals surface area contributed by atoms with E-state index in [0.29, 0.717) is 6.42 Å². The van der Waals surface area contributed by atoms with Gasteiger partial charge in [0.05, 0.1) is 0 Å². The normalized spacial score (nSPS) is 11.2. The number of aromatic nitrogens is 1. The van der Waals surface area contributed by atoms with Gasteiger partial charge in [-0.3, -0.25) is 4.79 Å². The molecule has 0 bridgehead atoms. The lowest BCUT2D eigenvalue weighted by molar-refractivity contribution is -0.116. The number of hydrogen-bond acceptors (Lipinski definition) is 1. The Morgan fingerprint density at radius 3 is 2.44 bits per heavy atom. The number of benzene rings is 3. The molecule has 0 saturated carbocycles. The highest BCUT2D eigenvalue weighted by Crippen LogP contribution is 2.31. The predicted octanol–water partition coefficient (Wildman–Crippen LogP) is 5.69. The lowest BCUT2D eigenvalue weighted by Crippen LogP contribution is -2.12. The van der Waals surface area contributed by atoms with Crippen LogP contribution in [0, 0.1) is 6.92 Å². The van der Waals surface area contributed by atoms with Crippen LogP contribution in [0.25, 0.3) is 21.8 Å². The van der Waals surface area contributed by atoms with Crippen molar-refractivity contribution in [2.24, 2.45) is 0 Å². The number of carbonyl (C=O) groups is 1. The zero-order valence-electron chi connectivity index (χ0n) is 15.8. The highest BCUT2D eigenvalue weighted by Gasteiger charge is 2.11. The van der Waals surface area contributed by atoms with Crippen molar-refractivity contribution in [2.45, 2.75) is 33.2 Å². The first-order valence-electron chi connectivity index (χ1n) is 9.52. The fourth-order valence-electron chi connectivity index (χ4n) is 3.71. The molecule has 1 amide bonds. The molecule has 0 aliphatic heterocycles. The second-order valence-corrected chi connectivity index (χ2v) is 7.03. The van der Waals surface area contributed by atoms with Crippen LogP contribution >= 0.6 is 0 Å². The number of fused-ring (bicyclic) bond motifs is 3. The summed E-state index contributed by atoms with van der Waals surface area (Å²) < 4.78 is 2.31. The van der Waals surface area contributed by atoms with Crippen LogP contribution in [0.2, 0.25) is 0 Å². The summed E-state index contributed by atoms with van der Waals surface area (Å²) >= 11 is 0. The Morgan fingerprint density at radius 2 is 1.67 bits per heavy atom. The van der Waals surface area contributed by atoms with Crippen LogP contribution < -0.4 is 5.32 Å². The van der Waals surface area contributed by atoms with E-state index in [-0.39, 0.29) is 5.91 Å². The Balaban J connectivity index is 1.54. The molecular formula is C24H24N2O. The summed E-state index contributed by atoms with van der Waals surface area (Å²) in [6, 6.07) is 23.0. The maximum absolute atomic E-state index is 12.4. The van der Waals surface area contributed by atoms with Crippen molar-refractivity contribution in [3.63, 3.8) is 0 Å². The quantitative estimate of drug-likeness (QED) is 0.489. The van der Waals surface area contributed by atoms with Gasteiger partial charge < -0.3 is 9.88 Å². The van der Waals surface area contributed by atoms with Gasteiger partial charge in [-0.2, -0.15) is 0 Å². The first kappa shape index (κ1) is 17.3. The second-order valence-electron chi connectivity index (χ2n) is 7.03. The molecule has 3 nitrogen and oxygen atoms in total. The first-order valence-corrected chi connectivity index (χ1v) is 9.52. The molecule has 0 fully saturated rings. The average Bonchev–Trinajstić information content (AvgIpc) is 3.01. The Bertz CT molecular complexity index is 1110. The van der Waals surface area contributed by atoms with Crippen molar-refractivity contribution in [3.8, 4) is 0 Å². The number of carbonyl (C=O) groups excluding carboxylic acids is 1. The van der Waals surface area contributed by atoms with E-state index in [1.807, 2.05) is 6.07 Å². The minimum atomic E-state index is 0.0501. The molecule has 4 aromatic rings. The Kier molecular flexibility index (Phi) is 4.68. The molecule has 3 aromatic carbocycles. The van der Waals surface area contributed by atoms with E-state index in [1.54, 1.807) is 0 Å². The molecule has 0 spiro atoms. The lowest BCUT2D eigenvalue weighted by Gasteiger charge is -2.07. The number of rotatable bonds is 5. The van der Waals surface area contributed by atoms with Gasteiger partial charge in [0, 0.05) is 40.5 Å². The van der Waals surface area contributed by atoms with Gasteiger partial charge >= 0.3 is 0 Å². The van der Waals surface area contributed by atoms with Crippen molar-refractivity contribution < 1.29 is 4.79 Å². The monoisotopic (exact) mass is 356 g/mol. The van der Waals surface area contributed by atoms with Gasteiger partial charge in [-0.1, -0.05) is 48.0 Å². The predicted molar refractivity (Wildman–Crippen MR) is 113 cm³/mol. The fraction of sp³-hybridized carbons (Fsp3) is 0.208. The zero-order valence-corrected chi connectivity index (χ0v) is 15.8. The molecule has 1 heterocycles. The van der Waals surface area contributed by atoms with Gasteiger partial charge in [0.15, 0.2) is 0 Å². The van der Waals surface area contributed by atoms with Gasteiger partial charge in [-0.25, -0.2) is 0 Å². The second kappa shape index (κ2) is 7.28. The molecule has 0 unspecified atom stereocenters. The Labute approximate surface area is 159 Å². The summed E-state index contributed by atoms with van der Waals surface area (Å²) in [5.74, 6) is 0.0501. The van der Waals surface area contributed by atoms with Crippen molar-refractivity contribution in [3.05, 3.63) is 77.9 Å². The molecule has 136 valence electrons. The molecule has 0 aliphatic rings. The Hall–Kier alpha value is -3.07. The SMILES string of the molecule is CCn1c2ccccc2c2cc(NC(=O)CCc3ccc(C)cc3)ccc21. The number of nitrogens with zero attached hydrogens (tertiary/aromatic N) is 1. The molecule has 0 atom stereocenters. The van der Waals surface area contributed by atoms with Crippen LogP contribution in [0.1, 0.15) is 24.5 Å². The lowest BCUT2D eigenvalue weighted by atomic mass is 10.1. The number of para-hydroxylation sites is 1. The van der Waals surface area contributed by atoms with E-state index >= 15 is 0 Å². The maximum Gasteiger partial charge on any atom is 0.224 e. The summed E-state index contributed by atoms with van der Waals surface area (Å²) in [5.41, 5.74) is 5.73. The fourth-order valence-corrected chi connectivity index (χ4v) is 3.71. The molecule has 3 heteroatoms. The van der Waals surface area contributed by atoms with Gasteiger partial charge in [0.1, 0.15) is 0 Å². The molecule has 4 rings (SSSR count). The van der Waals surface area contributed by atoms with Crippen molar-refractivity contribution in [2.75, 3.05) is 5.32 Å². The summed E-state index contributed by atoms with van der Waals surface area (Å²) in [6.45, 7) is 5.15. The Morgan fingerprint density at radius 1 is 0.926 bits per heavy atom. The summed E-state index contributed by atoms with van der Waals surface area (Å²) in [6.07, 6.45) is 1.24. The van der Waals surface area contributed by atoms with Crippen LogP contribution in [-0.2, 0) is 17.8 Å². The third-order valence-corrected chi connectivity index (χ3v) is 5.13. The number of hydrogen-bond donors (Lipinski definition) is 1. The third kappa shape index (κ3) is 3.45. The number of amides is 1. The molecule has 0 aliphatic carbocycles. The van der Waals surface area contributed by atoms with E-state index in [9.17, 15) is 4.79 Å². The summed E-state index contributed by atoms with van der Waals surface area (Å²) in [4.78, 5) is 12.4. The van der Waals surface area contributed by atoms with Crippen molar-refractivity contribution in [1.82, 2.24) is 4.57 Å². The highest BCUT2D eigenvalue weighted by atomic mass is 16.1. The van der Waals surface area contributed by atoms with E-state index in [1.165, 1.54) is 32.9 Å². The van der Waals surface area contributed by atoms with Crippen LogP contribution in [0.5, 0.6) is 0 Å². The van der Waals surface area contributed by atoms with Crippen molar-refractivity contribution >= 4 is 33.4 Å². The van der Waals surface area contributed by atoms with Crippen molar-refractivity contribution in [1.29, 1.82) is 0 Å². The molecule has 1 aromatic heterocycles. The average molecular weight is 356 g/mol.